The number of hydrogen-bond acceptors (Lipinski definition) is 4. The molecule has 0 radical (unpaired) electrons. The molecule has 1 amide bonds. The highest BCUT2D eigenvalue weighted by molar-refractivity contribution is 5.99. The molecule has 6 heteroatoms. The predicted molar refractivity (Wildman–Crippen MR) is 88.9 cm³/mol. The van der Waals surface area contributed by atoms with Crippen LogP contribution in [0.4, 0.5) is 0 Å². The van der Waals surface area contributed by atoms with Crippen LogP contribution in [-0.4, -0.2) is 26.6 Å². The van der Waals surface area contributed by atoms with Crippen molar-refractivity contribution in [2.24, 2.45) is 5.10 Å². The van der Waals surface area contributed by atoms with Crippen molar-refractivity contribution in [1.29, 1.82) is 0 Å². The van der Waals surface area contributed by atoms with E-state index in [0.29, 0.717) is 13.0 Å². The molecule has 2 aromatic carbocycles. The van der Waals surface area contributed by atoms with Gasteiger partial charge in [0.1, 0.15) is 5.52 Å². The number of nitrogens with one attached hydrogen (secondary N) is 1. The van der Waals surface area contributed by atoms with Crippen molar-refractivity contribution in [2.45, 2.75) is 19.9 Å². The van der Waals surface area contributed by atoms with Crippen LogP contribution in [0, 0.1) is 0 Å². The maximum absolute atomic E-state index is 11.9. The van der Waals surface area contributed by atoms with Crippen molar-refractivity contribution in [1.82, 2.24) is 20.4 Å². The van der Waals surface area contributed by atoms with Crippen molar-refractivity contribution in [3.8, 4) is 0 Å². The molecule has 3 rings (SSSR count). The van der Waals surface area contributed by atoms with Gasteiger partial charge >= 0.3 is 0 Å². The summed E-state index contributed by atoms with van der Waals surface area (Å²) in [6.07, 6.45) is 0.291. The molecule has 0 unspecified atom stereocenters. The van der Waals surface area contributed by atoms with Crippen LogP contribution in [0.1, 0.15) is 18.9 Å². The Bertz CT molecular complexity index is 838. The van der Waals surface area contributed by atoms with E-state index in [1.165, 1.54) is 0 Å². The Balaban J connectivity index is 1.58. The SMILES string of the molecule is C/C(=N\NC(=O)CCn1nnc2ccccc21)c1ccccc1. The van der Waals surface area contributed by atoms with E-state index in [1.807, 2.05) is 61.5 Å². The fourth-order valence-electron chi connectivity index (χ4n) is 2.24. The van der Waals surface area contributed by atoms with Crippen molar-refractivity contribution in [3.05, 3.63) is 60.2 Å². The van der Waals surface area contributed by atoms with Crippen LogP contribution in [0.2, 0.25) is 0 Å². The lowest BCUT2D eigenvalue weighted by Crippen LogP contribution is -2.21. The number of carbonyl (C=O) groups is 1. The maximum Gasteiger partial charge on any atom is 0.241 e. The zero-order valence-electron chi connectivity index (χ0n) is 12.8. The van der Waals surface area contributed by atoms with E-state index in [4.69, 9.17) is 0 Å². The van der Waals surface area contributed by atoms with E-state index in [2.05, 4.69) is 20.8 Å². The summed E-state index contributed by atoms with van der Waals surface area (Å²) >= 11 is 0. The van der Waals surface area contributed by atoms with E-state index >= 15 is 0 Å². The van der Waals surface area contributed by atoms with E-state index in [-0.39, 0.29) is 5.91 Å². The molecule has 0 aliphatic rings. The number of hydrogen-bond donors (Lipinski definition) is 1. The average Bonchev–Trinajstić information content (AvgIpc) is 3.02. The minimum atomic E-state index is -0.153. The summed E-state index contributed by atoms with van der Waals surface area (Å²) in [5.74, 6) is -0.153. The molecular formula is C17H17N5O. The molecule has 0 aliphatic heterocycles. The Morgan fingerprint density at radius 1 is 1.13 bits per heavy atom. The summed E-state index contributed by atoms with van der Waals surface area (Å²) in [5, 5.41) is 12.3. The normalized spacial score (nSPS) is 11.6. The van der Waals surface area contributed by atoms with E-state index in [9.17, 15) is 4.79 Å². The molecule has 1 aromatic heterocycles. The van der Waals surface area contributed by atoms with Gasteiger partial charge in [-0.3, -0.25) is 4.79 Å². The lowest BCUT2D eigenvalue weighted by atomic mass is 10.1. The van der Waals surface area contributed by atoms with E-state index in [1.54, 1.807) is 4.68 Å². The number of fused-ring (bicyclic) bond motifs is 1. The molecule has 0 saturated heterocycles. The molecule has 6 nitrogen and oxygen atoms in total. The zero-order valence-corrected chi connectivity index (χ0v) is 12.8. The van der Waals surface area contributed by atoms with Gasteiger partial charge in [-0.15, -0.1) is 5.10 Å². The Hall–Kier alpha value is -3.02. The molecule has 0 spiro atoms. The third-order valence-corrected chi connectivity index (χ3v) is 3.51. The molecule has 0 aliphatic carbocycles. The van der Waals surface area contributed by atoms with Gasteiger partial charge in [-0.2, -0.15) is 5.10 Å². The van der Waals surface area contributed by atoms with Gasteiger partial charge in [0, 0.05) is 6.42 Å². The van der Waals surface area contributed by atoms with E-state index in [0.717, 1.165) is 22.3 Å². The number of rotatable bonds is 5. The summed E-state index contributed by atoms with van der Waals surface area (Å²) in [5.41, 5.74) is 6.07. The van der Waals surface area contributed by atoms with Crippen LogP contribution in [-0.2, 0) is 11.3 Å². The first-order chi connectivity index (χ1) is 11.2. The number of nitrogens with zero attached hydrogens (tertiary/aromatic N) is 4. The van der Waals surface area contributed by atoms with Crippen LogP contribution >= 0.6 is 0 Å². The number of benzene rings is 2. The maximum atomic E-state index is 11.9. The van der Waals surface area contributed by atoms with Crippen LogP contribution in [0.15, 0.2) is 59.7 Å². The number of para-hydroxylation sites is 1. The molecule has 0 atom stereocenters. The van der Waals surface area contributed by atoms with Gasteiger partial charge in [-0.1, -0.05) is 47.7 Å². The number of aromatic nitrogens is 3. The molecule has 1 N–H and O–H groups in total. The Labute approximate surface area is 133 Å². The van der Waals surface area contributed by atoms with Crippen molar-refractivity contribution >= 4 is 22.7 Å². The third-order valence-electron chi connectivity index (χ3n) is 3.51. The zero-order chi connectivity index (χ0) is 16.1. The minimum Gasteiger partial charge on any atom is -0.273 e. The first-order valence-corrected chi connectivity index (χ1v) is 7.41. The third kappa shape index (κ3) is 3.60. The quantitative estimate of drug-likeness (QED) is 0.581. The van der Waals surface area contributed by atoms with Gasteiger partial charge in [0.15, 0.2) is 0 Å². The van der Waals surface area contributed by atoms with Gasteiger partial charge in [-0.25, -0.2) is 10.1 Å². The smallest absolute Gasteiger partial charge is 0.241 e. The highest BCUT2D eigenvalue weighted by Gasteiger charge is 2.06. The van der Waals surface area contributed by atoms with Crippen LogP contribution in [0.3, 0.4) is 0 Å². The Morgan fingerprint density at radius 2 is 1.87 bits per heavy atom. The summed E-state index contributed by atoms with van der Waals surface area (Å²) < 4.78 is 1.72. The second-order valence-electron chi connectivity index (χ2n) is 5.15. The van der Waals surface area contributed by atoms with Crippen LogP contribution in [0.25, 0.3) is 11.0 Å². The summed E-state index contributed by atoms with van der Waals surface area (Å²) in [6, 6.07) is 17.4. The van der Waals surface area contributed by atoms with Crippen molar-refractivity contribution in [3.63, 3.8) is 0 Å². The van der Waals surface area contributed by atoms with E-state index < -0.39 is 0 Å². The van der Waals surface area contributed by atoms with Gasteiger partial charge < -0.3 is 0 Å². The Kier molecular flexibility index (Phi) is 4.42. The Morgan fingerprint density at radius 3 is 2.70 bits per heavy atom. The number of amides is 1. The van der Waals surface area contributed by atoms with Crippen LogP contribution < -0.4 is 5.43 Å². The van der Waals surface area contributed by atoms with Gasteiger partial charge in [0.05, 0.1) is 17.8 Å². The number of carbonyl (C=O) groups excluding carboxylic acids is 1. The molecule has 0 saturated carbocycles. The number of aryl methyl sites for hydroxylation is 1. The first-order valence-electron chi connectivity index (χ1n) is 7.41. The molecule has 1 heterocycles. The number of hydrazone groups is 1. The highest BCUT2D eigenvalue weighted by Crippen LogP contribution is 2.09. The van der Waals surface area contributed by atoms with Crippen molar-refractivity contribution < 1.29 is 4.79 Å². The average molecular weight is 307 g/mol. The molecule has 0 bridgehead atoms. The molecule has 0 fully saturated rings. The topological polar surface area (TPSA) is 72.2 Å². The molecule has 23 heavy (non-hydrogen) atoms. The second kappa shape index (κ2) is 6.83. The molecular weight excluding hydrogens is 290 g/mol. The van der Waals surface area contributed by atoms with Gasteiger partial charge in [0.2, 0.25) is 5.91 Å². The summed E-state index contributed by atoms with van der Waals surface area (Å²) in [7, 11) is 0. The predicted octanol–water partition coefficient (Wildman–Crippen LogP) is 2.36. The fraction of sp³-hybridized carbons (Fsp3) is 0.176. The van der Waals surface area contributed by atoms with Gasteiger partial charge in [-0.05, 0) is 24.6 Å². The summed E-state index contributed by atoms with van der Waals surface area (Å²) in [4.78, 5) is 11.9. The van der Waals surface area contributed by atoms with Crippen molar-refractivity contribution in [2.75, 3.05) is 0 Å². The first kappa shape index (κ1) is 14.9. The lowest BCUT2D eigenvalue weighted by molar-refractivity contribution is -0.121. The second-order valence-corrected chi connectivity index (χ2v) is 5.15. The lowest BCUT2D eigenvalue weighted by Gasteiger charge is -2.03. The van der Waals surface area contributed by atoms with Gasteiger partial charge in [0.25, 0.3) is 0 Å². The summed E-state index contributed by atoms with van der Waals surface area (Å²) in [6.45, 7) is 2.33. The monoisotopic (exact) mass is 307 g/mol. The largest absolute Gasteiger partial charge is 0.273 e. The minimum absolute atomic E-state index is 0.153. The molecule has 3 aromatic rings. The fourth-order valence-corrected chi connectivity index (χ4v) is 2.24. The standard InChI is InChI=1S/C17H17N5O/c1-13(14-7-3-2-4-8-14)18-20-17(23)11-12-22-16-10-6-5-9-15(16)19-21-22/h2-10H,11-12H2,1H3,(H,20,23)/b18-13+. The molecule has 116 valence electrons. The highest BCUT2D eigenvalue weighted by atomic mass is 16.2. The van der Waals surface area contributed by atoms with Crippen LogP contribution in [0.5, 0.6) is 0 Å².